The number of ether oxygens (including phenoxy) is 2. The predicted molar refractivity (Wildman–Crippen MR) is 121 cm³/mol. The van der Waals surface area contributed by atoms with Gasteiger partial charge in [0.05, 0.1) is 7.11 Å². The van der Waals surface area contributed by atoms with Crippen molar-refractivity contribution in [2.45, 2.75) is 13.0 Å². The monoisotopic (exact) mass is 416 g/mol. The second-order valence-electron chi connectivity index (χ2n) is 6.74. The number of hydrogen-bond acceptors (Lipinski definition) is 4. The van der Waals surface area contributed by atoms with E-state index in [0.717, 1.165) is 5.56 Å². The SMILES string of the molecule is COc1ccccc1Oc1ccc(NC(=O)C(C)NC(=O)/C=C/c2ccccc2)cc1. The highest BCUT2D eigenvalue weighted by Gasteiger charge is 2.14. The lowest BCUT2D eigenvalue weighted by molar-refractivity contribution is -0.123. The molecule has 1 unspecified atom stereocenters. The average molecular weight is 416 g/mol. The highest BCUT2D eigenvalue weighted by Crippen LogP contribution is 2.31. The highest BCUT2D eigenvalue weighted by molar-refractivity contribution is 5.99. The van der Waals surface area contributed by atoms with Gasteiger partial charge in [-0.15, -0.1) is 0 Å². The van der Waals surface area contributed by atoms with Crippen molar-refractivity contribution >= 4 is 23.6 Å². The van der Waals surface area contributed by atoms with E-state index in [1.54, 1.807) is 44.4 Å². The van der Waals surface area contributed by atoms with Gasteiger partial charge in [-0.1, -0.05) is 42.5 Å². The molecule has 0 heterocycles. The molecule has 6 heteroatoms. The molecule has 158 valence electrons. The van der Waals surface area contributed by atoms with Crippen LogP contribution in [0.3, 0.4) is 0 Å². The zero-order chi connectivity index (χ0) is 22.1. The van der Waals surface area contributed by atoms with Crippen molar-refractivity contribution in [2.24, 2.45) is 0 Å². The number of hydrogen-bond donors (Lipinski definition) is 2. The molecule has 3 aromatic rings. The largest absolute Gasteiger partial charge is 0.493 e. The van der Waals surface area contributed by atoms with E-state index in [-0.39, 0.29) is 11.8 Å². The lowest BCUT2D eigenvalue weighted by atomic mass is 10.2. The first-order valence-electron chi connectivity index (χ1n) is 9.80. The van der Waals surface area contributed by atoms with E-state index in [0.29, 0.717) is 22.9 Å². The number of rotatable bonds is 8. The summed E-state index contributed by atoms with van der Waals surface area (Å²) < 4.78 is 11.1. The van der Waals surface area contributed by atoms with Gasteiger partial charge in [0.1, 0.15) is 11.8 Å². The van der Waals surface area contributed by atoms with Crippen LogP contribution >= 0.6 is 0 Å². The fraction of sp³-hybridized carbons (Fsp3) is 0.120. The predicted octanol–water partition coefficient (Wildman–Crippen LogP) is 4.64. The first-order valence-corrected chi connectivity index (χ1v) is 9.80. The Morgan fingerprint density at radius 3 is 2.19 bits per heavy atom. The van der Waals surface area contributed by atoms with Crippen LogP contribution in [0.4, 0.5) is 5.69 Å². The fourth-order valence-electron chi connectivity index (χ4n) is 2.75. The van der Waals surface area contributed by atoms with Gasteiger partial charge in [-0.3, -0.25) is 9.59 Å². The molecule has 31 heavy (non-hydrogen) atoms. The van der Waals surface area contributed by atoms with E-state index in [1.807, 2.05) is 54.6 Å². The van der Waals surface area contributed by atoms with Crippen LogP contribution in [-0.2, 0) is 9.59 Å². The van der Waals surface area contributed by atoms with Crippen molar-refractivity contribution < 1.29 is 19.1 Å². The van der Waals surface area contributed by atoms with Gasteiger partial charge in [-0.2, -0.15) is 0 Å². The van der Waals surface area contributed by atoms with Crippen molar-refractivity contribution in [1.82, 2.24) is 5.32 Å². The summed E-state index contributed by atoms with van der Waals surface area (Å²) in [5.74, 6) is 1.18. The van der Waals surface area contributed by atoms with Gasteiger partial charge >= 0.3 is 0 Å². The number of anilines is 1. The van der Waals surface area contributed by atoms with E-state index >= 15 is 0 Å². The molecule has 2 N–H and O–H groups in total. The second kappa shape index (κ2) is 10.6. The molecule has 0 aromatic heterocycles. The van der Waals surface area contributed by atoms with Crippen LogP contribution in [0.25, 0.3) is 6.08 Å². The number of nitrogens with one attached hydrogen (secondary N) is 2. The Morgan fingerprint density at radius 2 is 1.52 bits per heavy atom. The van der Waals surface area contributed by atoms with Crippen LogP contribution in [0.5, 0.6) is 17.2 Å². The zero-order valence-corrected chi connectivity index (χ0v) is 17.4. The Morgan fingerprint density at radius 1 is 0.871 bits per heavy atom. The number of amides is 2. The molecule has 3 aromatic carbocycles. The van der Waals surface area contributed by atoms with Crippen LogP contribution in [0.2, 0.25) is 0 Å². The van der Waals surface area contributed by atoms with Crippen molar-refractivity contribution in [2.75, 3.05) is 12.4 Å². The molecule has 0 saturated heterocycles. The van der Waals surface area contributed by atoms with Crippen LogP contribution < -0.4 is 20.1 Å². The molecule has 3 rings (SSSR count). The minimum atomic E-state index is -0.697. The lowest BCUT2D eigenvalue weighted by Gasteiger charge is -2.14. The number of para-hydroxylation sites is 2. The van der Waals surface area contributed by atoms with Gasteiger partial charge < -0.3 is 20.1 Å². The standard InChI is InChI=1S/C25H24N2O4/c1-18(26-24(28)17-12-19-8-4-3-5-9-19)25(29)27-20-13-15-21(16-14-20)31-23-11-7-6-10-22(23)30-2/h3-18H,1-2H3,(H,26,28)(H,27,29)/b17-12+. The summed E-state index contributed by atoms with van der Waals surface area (Å²) in [6, 6.07) is 23.1. The molecule has 0 aliphatic rings. The molecule has 0 radical (unpaired) electrons. The van der Waals surface area contributed by atoms with E-state index < -0.39 is 6.04 Å². The number of carbonyl (C=O) groups is 2. The third-order valence-electron chi connectivity index (χ3n) is 4.40. The minimum absolute atomic E-state index is 0.320. The maximum Gasteiger partial charge on any atom is 0.246 e. The van der Waals surface area contributed by atoms with Crippen LogP contribution in [0, 0.1) is 0 Å². The van der Waals surface area contributed by atoms with Crippen molar-refractivity contribution in [1.29, 1.82) is 0 Å². The van der Waals surface area contributed by atoms with Crippen LogP contribution in [0.1, 0.15) is 12.5 Å². The third-order valence-corrected chi connectivity index (χ3v) is 4.40. The maximum absolute atomic E-state index is 12.4. The quantitative estimate of drug-likeness (QED) is 0.525. The fourth-order valence-corrected chi connectivity index (χ4v) is 2.75. The number of benzene rings is 3. The van der Waals surface area contributed by atoms with Gasteiger partial charge in [0.15, 0.2) is 11.5 Å². The molecule has 0 saturated carbocycles. The number of carbonyl (C=O) groups excluding carboxylic acids is 2. The summed E-state index contributed by atoms with van der Waals surface area (Å²) in [6.07, 6.45) is 3.10. The molecular formula is C25H24N2O4. The normalized spacial score (nSPS) is 11.5. The van der Waals surface area contributed by atoms with Crippen molar-refractivity contribution in [3.8, 4) is 17.2 Å². The average Bonchev–Trinajstić information content (AvgIpc) is 2.80. The molecule has 0 aliphatic heterocycles. The van der Waals surface area contributed by atoms with Crippen molar-refractivity contribution in [3.63, 3.8) is 0 Å². The van der Waals surface area contributed by atoms with Crippen LogP contribution in [0.15, 0.2) is 84.9 Å². The Labute approximate surface area is 181 Å². The van der Waals surface area contributed by atoms with Gasteiger partial charge in [0, 0.05) is 11.8 Å². The molecule has 0 spiro atoms. The van der Waals surface area contributed by atoms with Gasteiger partial charge in [-0.05, 0) is 55.0 Å². The maximum atomic E-state index is 12.4. The molecular weight excluding hydrogens is 392 g/mol. The van der Waals surface area contributed by atoms with E-state index in [1.165, 1.54) is 6.08 Å². The molecule has 6 nitrogen and oxygen atoms in total. The van der Waals surface area contributed by atoms with Crippen molar-refractivity contribution in [3.05, 3.63) is 90.5 Å². The summed E-state index contributed by atoms with van der Waals surface area (Å²) in [5, 5.41) is 5.43. The molecule has 0 fully saturated rings. The Kier molecular flexibility index (Phi) is 7.43. The zero-order valence-electron chi connectivity index (χ0n) is 17.4. The molecule has 2 amide bonds. The first kappa shape index (κ1) is 21.6. The third kappa shape index (κ3) is 6.47. The van der Waals surface area contributed by atoms with Gasteiger partial charge in [0.25, 0.3) is 0 Å². The molecule has 1 atom stereocenters. The summed E-state index contributed by atoms with van der Waals surface area (Å²) in [5.41, 5.74) is 1.50. The smallest absolute Gasteiger partial charge is 0.246 e. The summed E-state index contributed by atoms with van der Waals surface area (Å²) in [4.78, 5) is 24.4. The number of methoxy groups -OCH3 is 1. The van der Waals surface area contributed by atoms with Gasteiger partial charge in [-0.25, -0.2) is 0 Å². The molecule has 0 aliphatic carbocycles. The van der Waals surface area contributed by atoms with Gasteiger partial charge in [0.2, 0.25) is 11.8 Å². The first-order chi connectivity index (χ1) is 15.0. The Hall–Kier alpha value is -4.06. The Bertz CT molecular complexity index is 1050. The second-order valence-corrected chi connectivity index (χ2v) is 6.74. The highest BCUT2D eigenvalue weighted by atomic mass is 16.5. The van der Waals surface area contributed by atoms with E-state index in [9.17, 15) is 9.59 Å². The lowest BCUT2D eigenvalue weighted by Crippen LogP contribution is -2.40. The summed E-state index contributed by atoms with van der Waals surface area (Å²) in [6.45, 7) is 1.63. The topological polar surface area (TPSA) is 76.7 Å². The Balaban J connectivity index is 1.52. The van der Waals surface area contributed by atoms with Crippen LogP contribution in [-0.4, -0.2) is 25.0 Å². The summed E-state index contributed by atoms with van der Waals surface area (Å²) in [7, 11) is 1.58. The summed E-state index contributed by atoms with van der Waals surface area (Å²) >= 11 is 0. The minimum Gasteiger partial charge on any atom is -0.493 e. The van der Waals surface area contributed by atoms with E-state index in [4.69, 9.17) is 9.47 Å². The van der Waals surface area contributed by atoms with E-state index in [2.05, 4.69) is 10.6 Å². The molecule has 0 bridgehead atoms.